The van der Waals surface area contributed by atoms with Crippen LogP contribution in [-0.2, 0) is 0 Å². The Hall–Kier alpha value is -3.27. The van der Waals surface area contributed by atoms with Crippen molar-refractivity contribution in [3.63, 3.8) is 0 Å². The fraction of sp³-hybridized carbons (Fsp3) is 0.136. The van der Waals surface area contributed by atoms with Crippen molar-refractivity contribution in [1.29, 1.82) is 0 Å². The van der Waals surface area contributed by atoms with Gasteiger partial charge in [-0.2, -0.15) is 5.10 Å². The van der Waals surface area contributed by atoms with Gasteiger partial charge in [0.1, 0.15) is 5.71 Å². The van der Waals surface area contributed by atoms with Crippen molar-refractivity contribution in [2.45, 2.75) is 19.8 Å². The molecule has 0 fully saturated rings. The lowest BCUT2D eigenvalue weighted by Crippen LogP contribution is -2.21. The number of rotatable bonds is 5. The molecule has 26 heavy (non-hydrogen) atoms. The quantitative estimate of drug-likeness (QED) is 0.552. The number of carbonyl (C=O) groups excluding carboxylic acids is 1. The van der Waals surface area contributed by atoms with Crippen LogP contribution in [-0.4, -0.2) is 16.6 Å². The van der Waals surface area contributed by atoms with E-state index in [1.165, 1.54) is 5.56 Å². The zero-order valence-electron chi connectivity index (χ0n) is 14.9. The molecular weight excluding hydrogens is 322 g/mol. The lowest BCUT2D eigenvalue weighted by molar-refractivity contribution is 0.0955. The van der Waals surface area contributed by atoms with Crippen LogP contribution < -0.4 is 5.43 Å². The topological polar surface area (TPSA) is 54.4 Å². The summed E-state index contributed by atoms with van der Waals surface area (Å²) in [7, 11) is 0. The van der Waals surface area contributed by atoms with E-state index in [4.69, 9.17) is 0 Å². The van der Waals surface area contributed by atoms with Gasteiger partial charge in [-0.3, -0.25) is 9.78 Å². The van der Waals surface area contributed by atoms with E-state index in [0.29, 0.717) is 22.9 Å². The average Bonchev–Trinajstić information content (AvgIpc) is 2.69. The lowest BCUT2D eigenvalue weighted by Gasteiger charge is -2.08. The average molecular weight is 343 g/mol. The van der Waals surface area contributed by atoms with Crippen LogP contribution in [0, 0.1) is 0 Å². The van der Waals surface area contributed by atoms with Gasteiger partial charge in [0.25, 0.3) is 5.91 Å². The number of hydrogen-bond acceptors (Lipinski definition) is 3. The third-order valence-corrected chi connectivity index (χ3v) is 4.06. The highest BCUT2D eigenvalue weighted by molar-refractivity contribution is 6.12. The number of nitrogens with zero attached hydrogens (tertiary/aromatic N) is 2. The van der Waals surface area contributed by atoms with Gasteiger partial charge in [-0.1, -0.05) is 62.4 Å². The Bertz CT molecular complexity index is 844. The second-order valence-electron chi connectivity index (χ2n) is 6.26. The Balaban J connectivity index is 1.85. The number of carbonyl (C=O) groups is 1. The van der Waals surface area contributed by atoms with Crippen LogP contribution in [0.2, 0.25) is 0 Å². The van der Waals surface area contributed by atoms with Gasteiger partial charge in [0, 0.05) is 17.3 Å². The summed E-state index contributed by atoms with van der Waals surface area (Å²) in [6, 6.07) is 22.9. The van der Waals surface area contributed by atoms with Crippen LogP contribution in [0.5, 0.6) is 0 Å². The normalized spacial score (nSPS) is 11.4. The van der Waals surface area contributed by atoms with Gasteiger partial charge < -0.3 is 0 Å². The standard InChI is InChI=1S/C22H21N3O/c1-16(2)17-11-13-19(14-12-17)22(26)25-24-21(18-8-4-3-5-9-18)20-10-6-7-15-23-20/h3-16H,1-2H3,(H,25,26). The molecule has 1 N–H and O–H groups in total. The van der Waals surface area contributed by atoms with Crippen molar-refractivity contribution < 1.29 is 4.79 Å². The maximum atomic E-state index is 12.5. The Morgan fingerprint density at radius 2 is 1.58 bits per heavy atom. The van der Waals surface area contributed by atoms with Crippen LogP contribution in [0.4, 0.5) is 0 Å². The first kappa shape index (κ1) is 17.5. The highest BCUT2D eigenvalue weighted by atomic mass is 16.2. The molecule has 1 aromatic heterocycles. The number of nitrogens with one attached hydrogen (secondary N) is 1. The summed E-state index contributed by atoms with van der Waals surface area (Å²) in [6.07, 6.45) is 1.71. The molecule has 4 heteroatoms. The van der Waals surface area contributed by atoms with E-state index >= 15 is 0 Å². The molecule has 2 aromatic carbocycles. The molecule has 3 rings (SSSR count). The van der Waals surface area contributed by atoms with Gasteiger partial charge in [0.05, 0.1) is 5.69 Å². The zero-order chi connectivity index (χ0) is 18.4. The van der Waals surface area contributed by atoms with Crippen molar-refractivity contribution in [1.82, 2.24) is 10.4 Å². The molecule has 0 aliphatic heterocycles. The molecule has 0 saturated carbocycles. The molecule has 0 spiro atoms. The second kappa shape index (κ2) is 8.21. The third kappa shape index (κ3) is 4.22. The number of aromatic nitrogens is 1. The number of hydrogen-bond donors (Lipinski definition) is 1. The fourth-order valence-electron chi connectivity index (χ4n) is 2.56. The van der Waals surface area contributed by atoms with Crippen LogP contribution in [0.3, 0.4) is 0 Å². The second-order valence-corrected chi connectivity index (χ2v) is 6.26. The summed E-state index contributed by atoms with van der Waals surface area (Å²) in [6.45, 7) is 4.25. The largest absolute Gasteiger partial charge is 0.271 e. The molecule has 0 radical (unpaired) electrons. The van der Waals surface area contributed by atoms with E-state index in [1.54, 1.807) is 6.20 Å². The Morgan fingerprint density at radius 1 is 0.885 bits per heavy atom. The minimum atomic E-state index is -0.246. The summed E-state index contributed by atoms with van der Waals surface area (Å²) in [5.41, 5.74) is 6.64. The number of pyridine rings is 1. The van der Waals surface area contributed by atoms with Gasteiger partial charge in [-0.15, -0.1) is 0 Å². The highest BCUT2D eigenvalue weighted by Gasteiger charge is 2.10. The minimum Gasteiger partial charge on any atom is -0.267 e. The molecule has 0 bridgehead atoms. The third-order valence-electron chi connectivity index (χ3n) is 4.06. The summed E-state index contributed by atoms with van der Waals surface area (Å²) in [4.78, 5) is 16.8. The number of amides is 1. The summed E-state index contributed by atoms with van der Waals surface area (Å²) >= 11 is 0. The number of hydrazone groups is 1. The maximum absolute atomic E-state index is 12.5. The predicted molar refractivity (Wildman–Crippen MR) is 104 cm³/mol. The molecule has 0 aliphatic rings. The van der Waals surface area contributed by atoms with Crippen LogP contribution >= 0.6 is 0 Å². The van der Waals surface area contributed by atoms with E-state index < -0.39 is 0 Å². The molecule has 1 amide bonds. The summed E-state index contributed by atoms with van der Waals surface area (Å²) in [5.74, 6) is 0.184. The van der Waals surface area contributed by atoms with Gasteiger partial charge in [0.15, 0.2) is 0 Å². The molecule has 0 saturated heterocycles. The van der Waals surface area contributed by atoms with Gasteiger partial charge >= 0.3 is 0 Å². The Labute approximate surface area is 153 Å². The van der Waals surface area contributed by atoms with Crippen molar-refractivity contribution in [2.24, 2.45) is 5.10 Å². The smallest absolute Gasteiger partial charge is 0.267 e. The lowest BCUT2D eigenvalue weighted by atomic mass is 10.0. The first-order valence-electron chi connectivity index (χ1n) is 8.60. The van der Waals surface area contributed by atoms with E-state index in [9.17, 15) is 4.79 Å². The monoisotopic (exact) mass is 343 g/mol. The predicted octanol–water partition coefficient (Wildman–Crippen LogP) is 4.39. The first-order valence-corrected chi connectivity index (χ1v) is 8.60. The first-order chi connectivity index (χ1) is 12.6. The van der Waals surface area contributed by atoms with Gasteiger partial charge in [-0.05, 0) is 35.7 Å². The Morgan fingerprint density at radius 3 is 2.19 bits per heavy atom. The molecule has 0 unspecified atom stereocenters. The van der Waals surface area contributed by atoms with Crippen molar-refractivity contribution in [3.05, 3.63) is 101 Å². The van der Waals surface area contributed by atoms with Crippen molar-refractivity contribution in [2.75, 3.05) is 0 Å². The molecular formula is C22H21N3O. The summed E-state index contributed by atoms with van der Waals surface area (Å²) < 4.78 is 0. The molecule has 4 nitrogen and oxygen atoms in total. The van der Waals surface area contributed by atoms with E-state index in [-0.39, 0.29) is 5.91 Å². The van der Waals surface area contributed by atoms with E-state index in [2.05, 4.69) is 29.4 Å². The number of benzene rings is 2. The molecule has 1 heterocycles. The molecule has 130 valence electrons. The van der Waals surface area contributed by atoms with Crippen molar-refractivity contribution in [3.8, 4) is 0 Å². The highest BCUT2D eigenvalue weighted by Crippen LogP contribution is 2.15. The fourth-order valence-corrected chi connectivity index (χ4v) is 2.56. The van der Waals surface area contributed by atoms with Crippen LogP contribution in [0.15, 0.2) is 84.1 Å². The SMILES string of the molecule is CC(C)c1ccc(C(=O)NN=C(c2ccccc2)c2ccccn2)cc1. The Kier molecular flexibility index (Phi) is 5.54. The molecule has 0 atom stereocenters. The van der Waals surface area contributed by atoms with E-state index in [0.717, 1.165) is 5.56 Å². The minimum absolute atomic E-state index is 0.246. The zero-order valence-corrected chi connectivity index (χ0v) is 14.9. The molecule has 3 aromatic rings. The maximum Gasteiger partial charge on any atom is 0.271 e. The van der Waals surface area contributed by atoms with Gasteiger partial charge in [-0.25, -0.2) is 5.43 Å². The summed E-state index contributed by atoms with van der Waals surface area (Å²) in [5, 5.41) is 4.35. The molecule has 0 aliphatic carbocycles. The van der Waals surface area contributed by atoms with Crippen molar-refractivity contribution >= 4 is 11.6 Å². The van der Waals surface area contributed by atoms with Crippen LogP contribution in [0.1, 0.15) is 46.9 Å². The van der Waals surface area contributed by atoms with Crippen LogP contribution in [0.25, 0.3) is 0 Å². The van der Waals surface area contributed by atoms with E-state index in [1.807, 2.05) is 72.8 Å². The van der Waals surface area contributed by atoms with Gasteiger partial charge in [0.2, 0.25) is 0 Å².